The Morgan fingerprint density at radius 3 is 2.80 bits per heavy atom. The van der Waals surface area contributed by atoms with Gasteiger partial charge in [0.05, 0.1) is 0 Å². The maximum Gasteiger partial charge on any atom is 0.0359 e. The molecule has 3 unspecified atom stereocenters. The van der Waals surface area contributed by atoms with E-state index in [4.69, 9.17) is 0 Å². The molecule has 1 aromatic heterocycles. The van der Waals surface area contributed by atoms with Gasteiger partial charge in [-0.2, -0.15) is 0 Å². The average molecular weight is 223 g/mol. The third-order valence-electron chi connectivity index (χ3n) is 3.32. The van der Waals surface area contributed by atoms with E-state index in [2.05, 4.69) is 37.5 Å². The first-order valence-corrected chi connectivity index (χ1v) is 6.88. The summed E-state index contributed by atoms with van der Waals surface area (Å²) in [7, 11) is 0. The molecule has 1 nitrogen and oxygen atoms in total. The summed E-state index contributed by atoms with van der Waals surface area (Å²) in [5, 5.41) is 6.03. The van der Waals surface area contributed by atoms with E-state index < -0.39 is 0 Å². The van der Waals surface area contributed by atoms with Crippen LogP contribution in [0.4, 0.5) is 0 Å². The van der Waals surface area contributed by atoms with Crippen LogP contribution in [-0.4, -0.2) is 6.54 Å². The van der Waals surface area contributed by atoms with E-state index in [1.54, 1.807) is 0 Å². The van der Waals surface area contributed by atoms with Crippen molar-refractivity contribution in [3.63, 3.8) is 0 Å². The Labute approximate surface area is 96.9 Å². The second-order valence-corrected chi connectivity index (χ2v) is 5.91. The Morgan fingerprint density at radius 2 is 2.33 bits per heavy atom. The van der Waals surface area contributed by atoms with Crippen molar-refractivity contribution in [2.75, 3.05) is 6.54 Å². The van der Waals surface area contributed by atoms with Crippen molar-refractivity contribution in [1.29, 1.82) is 0 Å². The van der Waals surface area contributed by atoms with Gasteiger partial charge >= 0.3 is 0 Å². The third-order valence-corrected chi connectivity index (χ3v) is 4.20. The second kappa shape index (κ2) is 4.67. The number of aryl methyl sites for hydroxylation is 1. The molecule has 0 amide bonds. The third kappa shape index (κ3) is 2.61. The molecule has 1 heterocycles. The van der Waals surface area contributed by atoms with Crippen LogP contribution in [0.1, 0.15) is 43.2 Å². The number of rotatable bonds is 5. The largest absolute Gasteiger partial charge is 0.310 e. The molecule has 0 aromatic carbocycles. The zero-order valence-electron chi connectivity index (χ0n) is 9.92. The van der Waals surface area contributed by atoms with E-state index in [9.17, 15) is 0 Å². The topological polar surface area (TPSA) is 12.0 Å². The Kier molecular flexibility index (Phi) is 3.47. The minimum atomic E-state index is 0.616. The van der Waals surface area contributed by atoms with Crippen molar-refractivity contribution < 1.29 is 0 Å². The number of nitrogens with one attached hydrogen (secondary N) is 1. The highest BCUT2D eigenvalue weighted by atomic mass is 32.1. The molecule has 0 radical (unpaired) electrons. The molecule has 0 saturated heterocycles. The van der Waals surface area contributed by atoms with Crippen LogP contribution in [0.2, 0.25) is 0 Å². The predicted octanol–water partition coefficient (Wildman–Crippen LogP) is 3.75. The van der Waals surface area contributed by atoms with Crippen LogP contribution in [0.25, 0.3) is 0 Å². The number of thiophene rings is 1. The summed E-state index contributed by atoms with van der Waals surface area (Å²) in [5.41, 5.74) is 1.51. The van der Waals surface area contributed by atoms with Crippen LogP contribution in [0, 0.1) is 18.8 Å². The van der Waals surface area contributed by atoms with Crippen molar-refractivity contribution in [2.24, 2.45) is 11.8 Å². The molecule has 2 rings (SSSR count). The smallest absolute Gasteiger partial charge is 0.0359 e. The summed E-state index contributed by atoms with van der Waals surface area (Å²) in [6.07, 6.45) is 2.62. The minimum Gasteiger partial charge on any atom is -0.310 e. The summed E-state index contributed by atoms with van der Waals surface area (Å²) in [6, 6.07) is 2.97. The van der Waals surface area contributed by atoms with E-state index in [0.717, 1.165) is 18.4 Å². The molecule has 1 aliphatic rings. The van der Waals surface area contributed by atoms with Crippen LogP contribution < -0.4 is 5.32 Å². The van der Waals surface area contributed by atoms with Crippen LogP contribution >= 0.6 is 11.3 Å². The van der Waals surface area contributed by atoms with Gasteiger partial charge in [0.25, 0.3) is 0 Å². The van der Waals surface area contributed by atoms with Crippen molar-refractivity contribution in [3.8, 4) is 0 Å². The number of hydrogen-bond acceptors (Lipinski definition) is 2. The normalized spacial score (nSPS) is 26.6. The summed E-state index contributed by atoms with van der Waals surface area (Å²) in [6.45, 7) is 7.94. The van der Waals surface area contributed by atoms with Crippen molar-refractivity contribution in [1.82, 2.24) is 5.32 Å². The van der Waals surface area contributed by atoms with E-state index in [0.29, 0.717) is 6.04 Å². The maximum absolute atomic E-state index is 3.70. The molecule has 2 heteroatoms. The van der Waals surface area contributed by atoms with Gasteiger partial charge in [0.15, 0.2) is 0 Å². The van der Waals surface area contributed by atoms with Gasteiger partial charge in [0.1, 0.15) is 0 Å². The van der Waals surface area contributed by atoms with Gasteiger partial charge in [-0.05, 0) is 55.2 Å². The van der Waals surface area contributed by atoms with Gasteiger partial charge in [-0.1, -0.05) is 13.8 Å². The molecule has 0 spiro atoms. The lowest BCUT2D eigenvalue weighted by Crippen LogP contribution is -2.23. The second-order valence-electron chi connectivity index (χ2n) is 4.80. The lowest BCUT2D eigenvalue weighted by molar-refractivity contribution is 0.464. The van der Waals surface area contributed by atoms with Gasteiger partial charge in [-0.15, -0.1) is 11.3 Å². The quantitative estimate of drug-likeness (QED) is 0.801. The molecule has 84 valence electrons. The Morgan fingerprint density at radius 1 is 1.60 bits per heavy atom. The molecule has 1 aliphatic carbocycles. The average Bonchev–Trinajstić information content (AvgIpc) is 2.75. The lowest BCUT2D eigenvalue weighted by atomic mass is 10.0. The van der Waals surface area contributed by atoms with E-state index in [1.807, 2.05) is 11.3 Å². The number of hydrogen-bond donors (Lipinski definition) is 1. The van der Waals surface area contributed by atoms with Gasteiger partial charge in [-0.25, -0.2) is 0 Å². The van der Waals surface area contributed by atoms with Gasteiger partial charge in [0.2, 0.25) is 0 Å². The van der Waals surface area contributed by atoms with Crippen molar-refractivity contribution in [2.45, 2.75) is 39.7 Å². The molecule has 1 fully saturated rings. The first-order chi connectivity index (χ1) is 7.22. The van der Waals surface area contributed by atoms with Gasteiger partial charge in [0, 0.05) is 10.9 Å². The van der Waals surface area contributed by atoms with Crippen LogP contribution in [0.15, 0.2) is 11.4 Å². The molecule has 0 bridgehead atoms. The molecule has 0 aliphatic heterocycles. The Bertz CT molecular complexity index is 318. The molecule has 3 atom stereocenters. The highest BCUT2D eigenvalue weighted by Gasteiger charge is 2.39. The molecule has 1 N–H and O–H groups in total. The first-order valence-electron chi connectivity index (χ1n) is 6.00. The molecule has 1 saturated carbocycles. The maximum atomic E-state index is 3.70. The summed E-state index contributed by atoms with van der Waals surface area (Å²) < 4.78 is 0. The van der Waals surface area contributed by atoms with E-state index in [-0.39, 0.29) is 0 Å². The Hall–Kier alpha value is -0.340. The van der Waals surface area contributed by atoms with Crippen molar-refractivity contribution >= 4 is 11.3 Å². The highest BCUT2D eigenvalue weighted by Crippen LogP contribution is 2.47. The summed E-state index contributed by atoms with van der Waals surface area (Å²) in [5.74, 6) is 1.80. The first kappa shape index (κ1) is 11.2. The van der Waals surface area contributed by atoms with E-state index >= 15 is 0 Å². The fraction of sp³-hybridized carbons (Fsp3) is 0.692. The van der Waals surface area contributed by atoms with Crippen LogP contribution in [0.5, 0.6) is 0 Å². The highest BCUT2D eigenvalue weighted by molar-refractivity contribution is 7.10. The molecule has 15 heavy (non-hydrogen) atoms. The molecule has 1 aromatic rings. The van der Waals surface area contributed by atoms with Crippen LogP contribution in [0.3, 0.4) is 0 Å². The molecular weight excluding hydrogens is 202 g/mol. The summed E-state index contributed by atoms with van der Waals surface area (Å²) in [4.78, 5) is 1.43. The molecular formula is C13H21NS. The standard InChI is InChI=1S/C13H21NS/c1-4-5-14-13(12-6-9(12)2)11-7-10(3)15-8-11/h7-9,12-14H,4-6H2,1-3H3. The summed E-state index contributed by atoms with van der Waals surface area (Å²) >= 11 is 1.87. The SMILES string of the molecule is CCCNC(c1csc(C)c1)C1CC1C. The fourth-order valence-corrected chi connectivity index (χ4v) is 3.00. The predicted molar refractivity (Wildman–Crippen MR) is 67.4 cm³/mol. The fourth-order valence-electron chi connectivity index (χ4n) is 2.26. The lowest BCUT2D eigenvalue weighted by Gasteiger charge is -2.17. The Balaban J connectivity index is 2.04. The van der Waals surface area contributed by atoms with E-state index in [1.165, 1.54) is 23.3 Å². The van der Waals surface area contributed by atoms with Crippen LogP contribution in [-0.2, 0) is 0 Å². The zero-order chi connectivity index (χ0) is 10.8. The monoisotopic (exact) mass is 223 g/mol. The minimum absolute atomic E-state index is 0.616. The zero-order valence-corrected chi connectivity index (χ0v) is 10.7. The van der Waals surface area contributed by atoms with Gasteiger partial charge < -0.3 is 5.32 Å². The van der Waals surface area contributed by atoms with Crippen molar-refractivity contribution in [3.05, 3.63) is 21.9 Å². The van der Waals surface area contributed by atoms with Gasteiger partial charge in [-0.3, -0.25) is 0 Å².